The predicted octanol–water partition coefficient (Wildman–Crippen LogP) is 3.75. The molecule has 148 valence electrons. The maximum Gasteiger partial charge on any atom is 0.261 e. The van der Waals surface area contributed by atoms with E-state index >= 15 is 0 Å². The first kappa shape index (κ1) is 18.9. The number of ether oxygens (including phenoxy) is 1. The third kappa shape index (κ3) is 3.66. The first-order valence-electron chi connectivity index (χ1n) is 8.93. The Morgan fingerprint density at radius 3 is 2.66 bits per heavy atom. The Bertz CT molecular complexity index is 1310. The van der Waals surface area contributed by atoms with E-state index in [2.05, 4.69) is 14.8 Å². The first-order valence-corrected chi connectivity index (χ1v) is 10.4. The molecule has 1 N–H and O–H groups in total. The number of anilines is 1. The topological polar surface area (TPSA) is 86.1 Å². The highest BCUT2D eigenvalue weighted by atomic mass is 32.2. The van der Waals surface area contributed by atoms with E-state index in [1.807, 2.05) is 26.1 Å². The molecule has 0 bridgehead atoms. The summed E-state index contributed by atoms with van der Waals surface area (Å²) in [6.45, 7) is 1.91. The van der Waals surface area contributed by atoms with Crippen LogP contribution < -0.4 is 9.46 Å². The summed E-state index contributed by atoms with van der Waals surface area (Å²) in [5, 5.41) is 5.06. The molecular formula is C21H20N4O3S. The molecule has 8 heteroatoms. The Balaban J connectivity index is 1.77. The van der Waals surface area contributed by atoms with E-state index in [1.165, 1.54) is 6.07 Å². The summed E-state index contributed by atoms with van der Waals surface area (Å²) in [7, 11) is -0.398. The van der Waals surface area contributed by atoms with Crippen LogP contribution in [0.2, 0.25) is 0 Å². The van der Waals surface area contributed by atoms with Crippen LogP contribution in [0.1, 0.15) is 5.56 Å². The van der Waals surface area contributed by atoms with Crippen molar-refractivity contribution in [2.75, 3.05) is 11.8 Å². The molecule has 0 unspecified atom stereocenters. The number of hydrogen-bond donors (Lipinski definition) is 1. The maximum atomic E-state index is 12.9. The molecule has 7 nitrogen and oxygen atoms in total. The lowest BCUT2D eigenvalue weighted by atomic mass is 10.1. The summed E-state index contributed by atoms with van der Waals surface area (Å²) >= 11 is 0. The number of nitrogens with one attached hydrogen (secondary N) is 1. The highest BCUT2D eigenvalue weighted by molar-refractivity contribution is 7.92. The van der Waals surface area contributed by atoms with Crippen LogP contribution in [0.5, 0.6) is 5.75 Å². The van der Waals surface area contributed by atoms with Gasteiger partial charge in [-0.15, -0.1) is 0 Å². The molecule has 4 rings (SSSR count). The maximum absolute atomic E-state index is 12.9. The predicted molar refractivity (Wildman–Crippen MR) is 112 cm³/mol. The van der Waals surface area contributed by atoms with Crippen molar-refractivity contribution in [2.45, 2.75) is 11.8 Å². The zero-order valence-corrected chi connectivity index (χ0v) is 17.1. The number of benzene rings is 2. The van der Waals surface area contributed by atoms with Gasteiger partial charge in [0.1, 0.15) is 5.75 Å². The second-order valence-electron chi connectivity index (χ2n) is 6.74. The van der Waals surface area contributed by atoms with Crippen molar-refractivity contribution in [1.29, 1.82) is 0 Å². The molecule has 0 saturated heterocycles. The molecule has 2 heterocycles. The van der Waals surface area contributed by atoms with E-state index in [0.717, 1.165) is 22.2 Å². The Labute approximate surface area is 169 Å². The lowest BCUT2D eigenvalue weighted by Gasteiger charge is -2.13. The Morgan fingerprint density at radius 1 is 1.07 bits per heavy atom. The summed E-state index contributed by atoms with van der Waals surface area (Å²) in [5.41, 5.74) is 3.61. The van der Waals surface area contributed by atoms with Crippen LogP contribution in [0, 0.1) is 6.92 Å². The van der Waals surface area contributed by atoms with Crippen LogP contribution in [0.25, 0.3) is 22.2 Å². The van der Waals surface area contributed by atoms with E-state index in [4.69, 9.17) is 4.74 Å². The molecule has 0 saturated carbocycles. The van der Waals surface area contributed by atoms with Gasteiger partial charge in [0.2, 0.25) is 0 Å². The molecule has 0 fully saturated rings. The average molecular weight is 408 g/mol. The Kier molecular flexibility index (Phi) is 4.71. The van der Waals surface area contributed by atoms with Gasteiger partial charge in [-0.25, -0.2) is 13.4 Å². The number of aryl methyl sites for hydroxylation is 2. The number of pyridine rings is 1. The quantitative estimate of drug-likeness (QED) is 0.543. The van der Waals surface area contributed by atoms with Gasteiger partial charge in [0.05, 0.1) is 18.2 Å². The second-order valence-corrected chi connectivity index (χ2v) is 8.42. The summed E-state index contributed by atoms with van der Waals surface area (Å²) in [6.07, 6.45) is 3.41. The molecule has 0 aliphatic heterocycles. The van der Waals surface area contributed by atoms with Gasteiger partial charge >= 0.3 is 0 Å². The molecule has 0 radical (unpaired) electrons. The number of aromatic nitrogens is 3. The number of nitrogens with zero attached hydrogens (tertiary/aromatic N) is 3. The van der Waals surface area contributed by atoms with Crippen LogP contribution >= 0.6 is 0 Å². The number of hydrogen-bond acceptors (Lipinski definition) is 5. The molecule has 2 aromatic carbocycles. The van der Waals surface area contributed by atoms with Crippen molar-refractivity contribution in [1.82, 2.24) is 14.8 Å². The van der Waals surface area contributed by atoms with Crippen LogP contribution in [-0.4, -0.2) is 30.3 Å². The first-order chi connectivity index (χ1) is 13.9. The summed E-state index contributed by atoms with van der Waals surface area (Å²) in [5.74, 6) is 0.560. The molecule has 0 amide bonds. The number of sulfonamides is 1. The van der Waals surface area contributed by atoms with Crippen molar-refractivity contribution in [2.24, 2.45) is 7.05 Å². The van der Waals surface area contributed by atoms with Crippen molar-refractivity contribution in [3.63, 3.8) is 0 Å². The Hall–Kier alpha value is -3.39. The molecule has 0 aliphatic rings. The van der Waals surface area contributed by atoms with Crippen molar-refractivity contribution in [3.05, 3.63) is 66.5 Å². The van der Waals surface area contributed by atoms with Crippen LogP contribution in [-0.2, 0) is 17.1 Å². The molecule has 2 aromatic heterocycles. The fraction of sp³-hybridized carbons (Fsp3) is 0.143. The molecule has 4 aromatic rings. The van der Waals surface area contributed by atoms with E-state index in [-0.39, 0.29) is 4.90 Å². The highest BCUT2D eigenvalue weighted by Crippen LogP contribution is 2.33. The minimum Gasteiger partial charge on any atom is -0.496 e. The van der Waals surface area contributed by atoms with Gasteiger partial charge < -0.3 is 4.74 Å². The molecule has 29 heavy (non-hydrogen) atoms. The molecule has 0 atom stereocenters. The largest absolute Gasteiger partial charge is 0.496 e. The van der Waals surface area contributed by atoms with E-state index in [0.29, 0.717) is 17.0 Å². The normalized spacial score (nSPS) is 11.6. The van der Waals surface area contributed by atoms with E-state index < -0.39 is 10.0 Å². The van der Waals surface area contributed by atoms with Crippen LogP contribution in [0.15, 0.2) is 65.8 Å². The van der Waals surface area contributed by atoms with Gasteiger partial charge in [-0.05, 0) is 48.9 Å². The van der Waals surface area contributed by atoms with Crippen molar-refractivity contribution in [3.8, 4) is 16.9 Å². The van der Waals surface area contributed by atoms with Crippen molar-refractivity contribution >= 4 is 26.7 Å². The van der Waals surface area contributed by atoms with Crippen molar-refractivity contribution < 1.29 is 13.2 Å². The zero-order chi connectivity index (χ0) is 20.6. The fourth-order valence-electron chi connectivity index (χ4n) is 3.19. The minimum atomic E-state index is -3.77. The average Bonchev–Trinajstić information content (AvgIpc) is 3.07. The number of rotatable bonds is 5. The van der Waals surface area contributed by atoms with Gasteiger partial charge in [-0.2, -0.15) is 5.10 Å². The van der Waals surface area contributed by atoms with E-state index in [9.17, 15) is 8.42 Å². The molecular weight excluding hydrogens is 388 g/mol. The van der Waals surface area contributed by atoms with Gasteiger partial charge in [0.15, 0.2) is 5.65 Å². The molecule has 0 spiro atoms. The second kappa shape index (κ2) is 7.21. The third-order valence-electron chi connectivity index (χ3n) is 4.63. The summed E-state index contributed by atoms with van der Waals surface area (Å²) in [6, 6.07) is 13.9. The molecule has 0 aliphatic carbocycles. The Morgan fingerprint density at radius 2 is 1.90 bits per heavy atom. The standard InChI is InChI=1S/C21H20N4O3S/c1-14-5-4-6-17(9-14)24-29(26,27)18-7-8-20(28-3)19(11-18)15-10-16-13-23-25(2)21(16)22-12-15/h4-13,24H,1-3H3. The van der Waals surface area contributed by atoms with Crippen LogP contribution in [0.3, 0.4) is 0 Å². The summed E-state index contributed by atoms with van der Waals surface area (Å²) in [4.78, 5) is 4.58. The smallest absolute Gasteiger partial charge is 0.261 e. The zero-order valence-electron chi connectivity index (χ0n) is 16.2. The van der Waals surface area contributed by atoms with Crippen LogP contribution in [0.4, 0.5) is 5.69 Å². The monoisotopic (exact) mass is 408 g/mol. The SMILES string of the molecule is COc1ccc(S(=O)(=O)Nc2cccc(C)c2)cc1-c1cnc2c(cnn2C)c1. The van der Waals surface area contributed by atoms with Gasteiger partial charge in [0, 0.05) is 35.4 Å². The lowest BCUT2D eigenvalue weighted by Crippen LogP contribution is -2.13. The van der Waals surface area contributed by atoms with Gasteiger partial charge in [-0.3, -0.25) is 9.40 Å². The lowest BCUT2D eigenvalue weighted by molar-refractivity contribution is 0.416. The van der Waals surface area contributed by atoms with E-state index in [1.54, 1.807) is 54.5 Å². The highest BCUT2D eigenvalue weighted by Gasteiger charge is 2.18. The number of methoxy groups -OCH3 is 1. The minimum absolute atomic E-state index is 0.140. The number of fused-ring (bicyclic) bond motifs is 1. The van der Waals surface area contributed by atoms with Gasteiger partial charge in [-0.1, -0.05) is 12.1 Å². The fourth-order valence-corrected chi connectivity index (χ4v) is 4.27. The van der Waals surface area contributed by atoms with Gasteiger partial charge in [0.25, 0.3) is 10.0 Å². The summed E-state index contributed by atoms with van der Waals surface area (Å²) < 4.78 is 35.6. The third-order valence-corrected chi connectivity index (χ3v) is 6.01.